The molecule has 0 N–H and O–H groups in total. The van der Waals surface area contributed by atoms with Gasteiger partial charge < -0.3 is 14.7 Å². The molecule has 1 aromatic rings. The van der Waals surface area contributed by atoms with Gasteiger partial charge in [0.05, 0.1) is 10.0 Å². The Balaban J connectivity index is 1.49. The average molecular weight is 438 g/mol. The summed E-state index contributed by atoms with van der Waals surface area (Å²) in [6.07, 6.45) is 8.08. The minimum Gasteiger partial charge on any atom is -0.337 e. The predicted molar refractivity (Wildman–Crippen MR) is 118 cm³/mol. The van der Waals surface area contributed by atoms with Gasteiger partial charge in [0.25, 0.3) is 0 Å². The summed E-state index contributed by atoms with van der Waals surface area (Å²) in [5, 5.41) is 0.925. The third kappa shape index (κ3) is 6.21. The maximum absolute atomic E-state index is 12.6. The summed E-state index contributed by atoms with van der Waals surface area (Å²) in [4.78, 5) is 31.2. The molecule has 1 atom stereocenters. The number of piperidine rings is 1. The molecule has 158 valence electrons. The second-order valence-electron chi connectivity index (χ2n) is 7.92. The van der Waals surface area contributed by atoms with Crippen molar-refractivity contribution >= 4 is 41.1 Å². The van der Waals surface area contributed by atoms with Crippen molar-refractivity contribution in [1.82, 2.24) is 14.7 Å². The Labute approximate surface area is 183 Å². The van der Waals surface area contributed by atoms with Gasteiger partial charge >= 0.3 is 0 Å². The van der Waals surface area contributed by atoms with Crippen LogP contribution in [-0.2, 0) is 9.59 Å². The van der Waals surface area contributed by atoms with Crippen LogP contribution in [0.5, 0.6) is 0 Å². The van der Waals surface area contributed by atoms with E-state index in [1.165, 1.54) is 38.4 Å². The van der Waals surface area contributed by atoms with Crippen LogP contribution < -0.4 is 0 Å². The Kier molecular flexibility index (Phi) is 7.99. The van der Waals surface area contributed by atoms with E-state index in [1.807, 2.05) is 11.8 Å². The van der Waals surface area contributed by atoms with Crippen LogP contribution in [0.1, 0.15) is 38.2 Å². The van der Waals surface area contributed by atoms with Gasteiger partial charge in [-0.25, -0.2) is 0 Å². The van der Waals surface area contributed by atoms with Gasteiger partial charge in [-0.1, -0.05) is 35.7 Å². The number of carbonyl (C=O) groups is 2. The lowest BCUT2D eigenvalue weighted by atomic mass is 10.1. The SMILES string of the molecule is C[C@@H]1CN(C(=O)/C=C/c2ccc(Cl)c(Cl)c2)CC(=O)N1CCCN1CCCCC1. The first-order valence-corrected chi connectivity index (χ1v) is 11.1. The monoisotopic (exact) mass is 437 g/mol. The number of piperazine rings is 1. The molecule has 0 saturated carbocycles. The highest BCUT2D eigenvalue weighted by molar-refractivity contribution is 6.42. The van der Waals surface area contributed by atoms with Crippen molar-refractivity contribution in [3.63, 3.8) is 0 Å². The van der Waals surface area contributed by atoms with Crippen LogP contribution in [-0.4, -0.2) is 71.8 Å². The summed E-state index contributed by atoms with van der Waals surface area (Å²) < 4.78 is 0. The number of hydrogen-bond acceptors (Lipinski definition) is 3. The third-order valence-corrected chi connectivity index (χ3v) is 6.40. The molecule has 29 heavy (non-hydrogen) atoms. The van der Waals surface area contributed by atoms with Gasteiger partial charge in [-0.15, -0.1) is 0 Å². The highest BCUT2D eigenvalue weighted by atomic mass is 35.5. The fraction of sp³-hybridized carbons (Fsp3) is 0.545. The third-order valence-electron chi connectivity index (χ3n) is 5.66. The molecule has 0 radical (unpaired) electrons. The average Bonchev–Trinajstić information content (AvgIpc) is 2.71. The molecule has 2 fully saturated rings. The standard InChI is InChI=1S/C22H29Cl2N3O2/c1-17-15-26(21(28)9-7-18-6-8-19(23)20(24)14-18)16-22(29)27(17)13-5-12-25-10-3-2-4-11-25/h6-9,14,17H,2-5,10-13,15-16H2,1H3/b9-7+/t17-/m1/s1. The van der Waals surface area contributed by atoms with Gasteiger partial charge in [0, 0.05) is 25.2 Å². The van der Waals surface area contributed by atoms with E-state index < -0.39 is 0 Å². The summed E-state index contributed by atoms with van der Waals surface area (Å²) >= 11 is 11.9. The fourth-order valence-corrected chi connectivity index (χ4v) is 4.34. The molecule has 0 bridgehead atoms. The van der Waals surface area contributed by atoms with Crippen LogP contribution >= 0.6 is 23.2 Å². The van der Waals surface area contributed by atoms with Gasteiger partial charge in [0.2, 0.25) is 11.8 Å². The normalized spacial score (nSPS) is 21.2. The Morgan fingerprint density at radius 1 is 1.14 bits per heavy atom. The zero-order valence-electron chi connectivity index (χ0n) is 16.9. The van der Waals surface area contributed by atoms with Crippen molar-refractivity contribution in [2.45, 2.75) is 38.6 Å². The Morgan fingerprint density at radius 3 is 2.59 bits per heavy atom. The van der Waals surface area contributed by atoms with Crippen LogP contribution in [0.4, 0.5) is 0 Å². The molecule has 2 saturated heterocycles. The van der Waals surface area contributed by atoms with Gasteiger partial charge in [-0.05, 0) is 69.6 Å². The van der Waals surface area contributed by atoms with Crippen molar-refractivity contribution in [3.8, 4) is 0 Å². The van der Waals surface area contributed by atoms with E-state index >= 15 is 0 Å². The molecule has 0 aliphatic carbocycles. The zero-order valence-corrected chi connectivity index (χ0v) is 18.5. The van der Waals surface area contributed by atoms with Gasteiger partial charge in [-0.2, -0.15) is 0 Å². The van der Waals surface area contributed by atoms with Gasteiger partial charge in [0.15, 0.2) is 0 Å². The number of benzene rings is 1. The molecule has 7 heteroatoms. The maximum atomic E-state index is 12.6. The first-order valence-electron chi connectivity index (χ1n) is 10.4. The lowest BCUT2D eigenvalue weighted by Crippen LogP contribution is -2.56. The highest BCUT2D eigenvalue weighted by Crippen LogP contribution is 2.23. The fourth-order valence-electron chi connectivity index (χ4n) is 4.03. The molecule has 0 spiro atoms. The molecule has 2 aliphatic heterocycles. The second kappa shape index (κ2) is 10.5. The lowest BCUT2D eigenvalue weighted by Gasteiger charge is -2.39. The number of halogens is 2. The van der Waals surface area contributed by atoms with Crippen LogP contribution in [0, 0.1) is 0 Å². The second-order valence-corrected chi connectivity index (χ2v) is 8.73. The predicted octanol–water partition coefficient (Wildman–Crippen LogP) is 3.94. The number of hydrogen-bond donors (Lipinski definition) is 0. The molecule has 0 aromatic heterocycles. The van der Waals surface area contributed by atoms with E-state index in [0.717, 1.165) is 25.1 Å². The number of likely N-dealkylation sites (tertiary alicyclic amines) is 1. The first kappa shape index (κ1) is 22.1. The molecule has 5 nitrogen and oxygen atoms in total. The largest absolute Gasteiger partial charge is 0.337 e. The molecular formula is C22H29Cl2N3O2. The number of amides is 2. The topological polar surface area (TPSA) is 43.9 Å². The van der Waals surface area contributed by atoms with Crippen molar-refractivity contribution in [3.05, 3.63) is 39.9 Å². The molecular weight excluding hydrogens is 409 g/mol. The molecule has 0 unspecified atom stereocenters. The first-order chi connectivity index (χ1) is 13.9. The van der Waals surface area contributed by atoms with Gasteiger partial charge in [-0.3, -0.25) is 9.59 Å². The Hall–Kier alpha value is -1.56. The minimum atomic E-state index is -0.163. The van der Waals surface area contributed by atoms with Crippen LogP contribution in [0.3, 0.4) is 0 Å². The summed E-state index contributed by atoms with van der Waals surface area (Å²) in [5.41, 5.74) is 0.795. The molecule has 2 heterocycles. The summed E-state index contributed by atoms with van der Waals surface area (Å²) in [5.74, 6) is -0.136. The van der Waals surface area contributed by atoms with Crippen LogP contribution in [0.25, 0.3) is 6.08 Å². The van der Waals surface area contributed by atoms with Crippen LogP contribution in [0.15, 0.2) is 24.3 Å². The number of nitrogens with zero attached hydrogens (tertiary/aromatic N) is 3. The minimum absolute atomic E-state index is 0.0266. The maximum Gasteiger partial charge on any atom is 0.247 e. The summed E-state index contributed by atoms with van der Waals surface area (Å²) in [6, 6.07) is 5.23. The summed E-state index contributed by atoms with van der Waals surface area (Å²) in [6.45, 7) is 6.87. The molecule has 1 aromatic carbocycles. The smallest absolute Gasteiger partial charge is 0.247 e. The molecule has 2 aliphatic rings. The van der Waals surface area contributed by atoms with Crippen molar-refractivity contribution in [1.29, 1.82) is 0 Å². The van der Waals surface area contributed by atoms with E-state index in [4.69, 9.17) is 23.2 Å². The quantitative estimate of drug-likeness (QED) is 0.632. The molecule has 2 amide bonds. The van der Waals surface area contributed by atoms with E-state index in [9.17, 15) is 9.59 Å². The van der Waals surface area contributed by atoms with Crippen molar-refractivity contribution in [2.24, 2.45) is 0 Å². The number of carbonyl (C=O) groups excluding carboxylic acids is 2. The molecule has 3 rings (SSSR count). The Bertz CT molecular complexity index is 762. The van der Waals surface area contributed by atoms with Gasteiger partial charge in [0.1, 0.15) is 6.54 Å². The number of rotatable bonds is 6. The Morgan fingerprint density at radius 2 is 1.90 bits per heavy atom. The van der Waals surface area contributed by atoms with Crippen LogP contribution in [0.2, 0.25) is 10.0 Å². The van der Waals surface area contributed by atoms with Crippen molar-refractivity contribution < 1.29 is 9.59 Å². The highest BCUT2D eigenvalue weighted by Gasteiger charge is 2.31. The zero-order chi connectivity index (χ0) is 20.8. The lowest BCUT2D eigenvalue weighted by molar-refractivity contribution is -0.146. The van der Waals surface area contributed by atoms with E-state index in [1.54, 1.807) is 29.2 Å². The van der Waals surface area contributed by atoms with E-state index in [2.05, 4.69) is 4.90 Å². The van der Waals surface area contributed by atoms with E-state index in [0.29, 0.717) is 16.6 Å². The van der Waals surface area contributed by atoms with Crippen molar-refractivity contribution in [2.75, 3.05) is 39.3 Å². The van der Waals surface area contributed by atoms with E-state index in [-0.39, 0.29) is 24.4 Å². The summed E-state index contributed by atoms with van der Waals surface area (Å²) in [7, 11) is 0.